The summed E-state index contributed by atoms with van der Waals surface area (Å²) in [5.41, 5.74) is 8.96. The standard InChI is InChI=1S/C49H61N11O6S/c1-49(50)18-22-58(23-19-49)41-30-52-44(31-51-41)67-38-9-7-8-36(27-38)55-42(61)10-5-3-2-4-6-24-66-25-17-33-15-20-59(21-16-33)48-53-28-35(29-54-48)45(63)56-37-11-12-39-34(26-37)32-60(47(39)65)40-13-14-43(62)57-46(40)64/h7-9,11-12,26-31,33,40H,2-6,10,13-25,32,50H2,1H3,(H,55,61)(H,56,63)(H,57,62,64). The average Bonchev–Trinajstić information content (AvgIpc) is 3.64. The molecule has 4 aliphatic heterocycles. The van der Waals surface area contributed by atoms with Crippen molar-refractivity contribution in [2.24, 2.45) is 11.7 Å². The molecule has 3 fully saturated rings. The van der Waals surface area contributed by atoms with E-state index in [0.29, 0.717) is 40.7 Å². The van der Waals surface area contributed by atoms with Crippen LogP contribution >= 0.6 is 11.8 Å². The summed E-state index contributed by atoms with van der Waals surface area (Å²) in [7, 11) is 0. The fraction of sp³-hybridized carbons (Fsp3) is 0.490. The van der Waals surface area contributed by atoms with Gasteiger partial charge >= 0.3 is 0 Å². The molecule has 4 aliphatic rings. The Morgan fingerprint density at radius 1 is 0.836 bits per heavy atom. The number of anilines is 4. The van der Waals surface area contributed by atoms with Gasteiger partial charge in [0.1, 0.15) is 16.9 Å². The molecular formula is C49H61N11O6S. The summed E-state index contributed by atoms with van der Waals surface area (Å²) in [5, 5.41) is 9.03. The number of hydrogen-bond acceptors (Lipinski definition) is 14. The smallest absolute Gasteiger partial charge is 0.258 e. The van der Waals surface area contributed by atoms with Crippen molar-refractivity contribution in [1.29, 1.82) is 0 Å². The van der Waals surface area contributed by atoms with Crippen LogP contribution in [0.5, 0.6) is 0 Å². The molecule has 5 N–H and O–H groups in total. The number of rotatable bonds is 19. The number of imide groups is 1. The van der Waals surface area contributed by atoms with Gasteiger partial charge in [0.15, 0.2) is 0 Å². The summed E-state index contributed by atoms with van der Waals surface area (Å²) in [5.74, 6) is 0.649. The van der Waals surface area contributed by atoms with E-state index in [1.165, 1.54) is 29.1 Å². The van der Waals surface area contributed by atoms with Crippen molar-refractivity contribution in [3.05, 3.63) is 83.9 Å². The van der Waals surface area contributed by atoms with Crippen LogP contribution in [0.3, 0.4) is 0 Å². The molecule has 0 saturated carbocycles. The van der Waals surface area contributed by atoms with Crippen molar-refractivity contribution < 1.29 is 28.7 Å². The highest BCUT2D eigenvalue weighted by Crippen LogP contribution is 2.32. The van der Waals surface area contributed by atoms with Crippen LogP contribution in [0.1, 0.15) is 117 Å². The molecule has 3 saturated heterocycles. The molecule has 2 aromatic heterocycles. The van der Waals surface area contributed by atoms with Crippen molar-refractivity contribution >= 4 is 64.4 Å². The van der Waals surface area contributed by atoms with Crippen molar-refractivity contribution in [3.63, 3.8) is 0 Å². The van der Waals surface area contributed by atoms with E-state index >= 15 is 0 Å². The van der Waals surface area contributed by atoms with E-state index in [-0.39, 0.29) is 48.6 Å². The monoisotopic (exact) mass is 931 g/mol. The van der Waals surface area contributed by atoms with Gasteiger partial charge in [-0.1, -0.05) is 37.1 Å². The Hall–Kier alpha value is -5.98. The number of hydrogen-bond donors (Lipinski definition) is 4. The quantitative estimate of drug-likeness (QED) is 0.0595. The number of unbranched alkanes of at least 4 members (excludes halogenated alkanes) is 4. The van der Waals surface area contributed by atoms with Gasteiger partial charge < -0.3 is 35.8 Å². The zero-order chi connectivity index (χ0) is 46.8. The summed E-state index contributed by atoms with van der Waals surface area (Å²) in [6.45, 7) is 7.26. The van der Waals surface area contributed by atoms with Gasteiger partial charge in [-0.2, -0.15) is 0 Å². The van der Waals surface area contributed by atoms with Gasteiger partial charge in [0.25, 0.3) is 11.8 Å². The van der Waals surface area contributed by atoms with E-state index in [9.17, 15) is 24.0 Å². The van der Waals surface area contributed by atoms with E-state index in [1.54, 1.807) is 24.4 Å². The van der Waals surface area contributed by atoms with E-state index in [1.807, 2.05) is 30.5 Å². The van der Waals surface area contributed by atoms with Crippen molar-refractivity contribution in [2.45, 2.75) is 118 Å². The Balaban J connectivity index is 0.647. The molecule has 67 heavy (non-hydrogen) atoms. The number of nitrogens with one attached hydrogen (secondary N) is 3. The second-order valence-electron chi connectivity index (χ2n) is 18.4. The van der Waals surface area contributed by atoms with Crippen LogP contribution in [-0.4, -0.2) is 105 Å². The molecule has 8 rings (SSSR count). The third-order valence-electron chi connectivity index (χ3n) is 13.1. The van der Waals surface area contributed by atoms with Crippen molar-refractivity contribution in [2.75, 3.05) is 59.8 Å². The van der Waals surface area contributed by atoms with E-state index in [2.05, 4.69) is 52.6 Å². The minimum absolute atomic E-state index is 0.0275. The number of carbonyl (C=O) groups is 5. The van der Waals surface area contributed by atoms with E-state index in [4.69, 9.17) is 10.5 Å². The lowest BCUT2D eigenvalue weighted by Crippen LogP contribution is -2.52. The molecular weight excluding hydrogens is 871 g/mol. The summed E-state index contributed by atoms with van der Waals surface area (Å²) in [6, 6.07) is 12.2. The molecule has 17 nitrogen and oxygen atoms in total. The second-order valence-corrected chi connectivity index (χ2v) is 19.5. The van der Waals surface area contributed by atoms with E-state index in [0.717, 1.165) is 125 Å². The number of carbonyl (C=O) groups excluding carboxylic acids is 5. The van der Waals surface area contributed by atoms with Crippen LogP contribution in [0, 0.1) is 5.92 Å². The fourth-order valence-electron chi connectivity index (χ4n) is 9.00. The molecule has 6 heterocycles. The van der Waals surface area contributed by atoms with Gasteiger partial charge in [-0.15, -0.1) is 0 Å². The summed E-state index contributed by atoms with van der Waals surface area (Å²) in [4.78, 5) is 87.9. The molecule has 0 spiro atoms. The number of nitrogens with zero attached hydrogens (tertiary/aromatic N) is 7. The highest BCUT2D eigenvalue weighted by atomic mass is 32.2. The van der Waals surface area contributed by atoms with Crippen LogP contribution in [0.2, 0.25) is 0 Å². The van der Waals surface area contributed by atoms with Gasteiger partial charge in [0.2, 0.25) is 23.7 Å². The second kappa shape index (κ2) is 22.2. The first-order valence-electron chi connectivity index (χ1n) is 23.6. The van der Waals surface area contributed by atoms with Gasteiger partial charge in [-0.05, 0) is 106 Å². The maximum atomic E-state index is 13.1. The Labute approximate surface area is 395 Å². The minimum atomic E-state index is -0.699. The van der Waals surface area contributed by atoms with Gasteiger partial charge in [0.05, 0.1) is 18.0 Å². The third kappa shape index (κ3) is 12.9. The first kappa shape index (κ1) is 47.5. The largest absolute Gasteiger partial charge is 0.381 e. The zero-order valence-corrected chi connectivity index (χ0v) is 39.0. The summed E-state index contributed by atoms with van der Waals surface area (Å²) < 4.78 is 5.99. The lowest BCUT2D eigenvalue weighted by atomic mass is 9.91. The first-order valence-corrected chi connectivity index (χ1v) is 24.5. The third-order valence-corrected chi connectivity index (χ3v) is 14.0. The molecule has 1 unspecified atom stereocenters. The SMILES string of the molecule is CC1(N)CCN(c2cnc(Sc3cccc(NC(=O)CCCCCCCOCCC4CCN(c5ncc(C(=O)Nc6ccc7c(c6)CN(C6CCC(=O)NC6=O)C7=O)cn5)CC4)c3)cn2)CC1. The van der Waals surface area contributed by atoms with Gasteiger partial charge in [0, 0.05) is 98.5 Å². The fourth-order valence-corrected chi connectivity index (χ4v) is 9.79. The first-order chi connectivity index (χ1) is 32.5. The van der Waals surface area contributed by atoms with Crippen LogP contribution < -0.4 is 31.5 Å². The maximum absolute atomic E-state index is 13.1. The van der Waals surface area contributed by atoms with Gasteiger partial charge in [-0.25, -0.2) is 19.9 Å². The topological polar surface area (TPSA) is 218 Å². The highest BCUT2D eigenvalue weighted by Gasteiger charge is 2.39. The summed E-state index contributed by atoms with van der Waals surface area (Å²) in [6.07, 6.45) is 17.6. The molecule has 5 amide bonds. The molecule has 0 aliphatic carbocycles. The predicted octanol–water partition coefficient (Wildman–Crippen LogP) is 6.35. The Bertz CT molecular complexity index is 2380. The normalized spacial score (nSPS) is 18.4. The lowest BCUT2D eigenvalue weighted by Gasteiger charge is -2.37. The lowest BCUT2D eigenvalue weighted by molar-refractivity contribution is -0.137. The van der Waals surface area contributed by atoms with E-state index < -0.39 is 11.9 Å². The van der Waals surface area contributed by atoms with Crippen LogP contribution in [0.4, 0.5) is 23.1 Å². The molecule has 4 aromatic rings. The number of nitrogens with two attached hydrogens (primary N) is 1. The number of fused-ring (bicyclic) bond motifs is 1. The molecule has 0 radical (unpaired) electrons. The van der Waals surface area contributed by atoms with Crippen molar-refractivity contribution in [3.8, 4) is 0 Å². The average molecular weight is 932 g/mol. The molecule has 354 valence electrons. The Morgan fingerprint density at radius 3 is 2.36 bits per heavy atom. The number of amides is 5. The number of aromatic nitrogens is 4. The molecule has 2 aromatic carbocycles. The van der Waals surface area contributed by atoms with Crippen LogP contribution in [-0.2, 0) is 25.7 Å². The molecule has 0 bridgehead atoms. The Morgan fingerprint density at radius 2 is 1.60 bits per heavy atom. The highest BCUT2D eigenvalue weighted by molar-refractivity contribution is 7.99. The number of ether oxygens (including phenoxy) is 1. The zero-order valence-electron chi connectivity index (χ0n) is 38.2. The minimum Gasteiger partial charge on any atom is -0.381 e. The Kier molecular flexibility index (Phi) is 15.8. The number of benzene rings is 2. The van der Waals surface area contributed by atoms with Crippen LogP contribution in [0.25, 0.3) is 0 Å². The number of piperidine rings is 3. The summed E-state index contributed by atoms with van der Waals surface area (Å²) >= 11 is 1.52. The molecule has 1 atom stereocenters. The van der Waals surface area contributed by atoms with Crippen LogP contribution in [0.15, 0.2) is 77.2 Å². The molecule has 18 heteroatoms. The van der Waals surface area contributed by atoms with Crippen molar-refractivity contribution in [1.82, 2.24) is 30.2 Å². The predicted molar refractivity (Wildman–Crippen MR) is 256 cm³/mol. The maximum Gasteiger partial charge on any atom is 0.258 e. The van der Waals surface area contributed by atoms with Gasteiger partial charge in [-0.3, -0.25) is 29.3 Å².